The van der Waals surface area contributed by atoms with Crippen LogP contribution in [0.15, 0.2) is 0 Å². The van der Waals surface area contributed by atoms with Gasteiger partial charge in [-0.25, -0.2) is 0 Å². The first-order valence-electron chi connectivity index (χ1n) is 6.44. The quantitative estimate of drug-likeness (QED) is 0.695. The molecule has 0 aromatic carbocycles. The van der Waals surface area contributed by atoms with E-state index in [4.69, 9.17) is 0 Å². The van der Waals surface area contributed by atoms with Crippen molar-refractivity contribution in [1.29, 1.82) is 0 Å². The molecule has 0 aromatic rings. The second kappa shape index (κ2) is 6.89. The van der Waals surface area contributed by atoms with E-state index in [1.807, 2.05) is 13.8 Å². The Morgan fingerprint density at radius 3 is 2.00 bits per heavy atom. The third-order valence-electron chi connectivity index (χ3n) is 3.93. The van der Waals surface area contributed by atoms with E-state index < -0.39 is 11.4 Å². The Labute approximate surface area is 99.8 Å². The van der Waals surface area contributed by atoms with Gasteiger partial charge in [0.15, 0.2) is 0 Å². The highest BCUT2D eigenvalue weighted by Gasteiger charge is 2.37. The van der Waals surface area contributed by atoms with Crippen molar-refractivity contribution in [2.45, 2.75) is 59.9 Å². The maximum absolute atomic E-state index is 11.4. The van der Waals surface area contributed by atoms with Crippen LogP contribution in [0.2, 0.25) is 0 Å². The van der Waals surface area contributed by atoms with Gasteiger partial charge in [0.2, 0.25) is 0 Å². The number of aliphatic carboxylic acids is 1. The van der Waals surface area contributed by atoms with Crippen LogP contribution >= 0.6 is 0 Å². The molecule has 0 rings (SSSR count). The molecule has 3 heteroatoms. The van der Waals surface area contributed by atoms with E-state index in [1.54, 1.807) is 0 Å². The van der Waals surface area contributed by atoms with Crippen LogP contribution in [0.1, 0.15) is 53.9 Å². The molecule has 96 valence electrons. The fraction of sp³-hybridized carbons (Fsp3) is 0.923. The third kappa shape index (κ3) is 3.48. The van der Waals surface area contributed by atoms with Gasteiger partial charge in [-0.05, 0) is 32.7 Å². The lowest BCUT2D eigenvalue weighted by Crippen LogP contribution is -2.45. The summed E-state index contributed by atoms with van der Waals surface area (Å²) in [5.74, 6) is -0.653. The summed E-state index contributed by atoms with van der Waals surface area (Å²) in [7, 11) is 0. The first-order valence-corrected chi connectivity index (χ1v) is 6.44. The van der Waals surface area contributed by atoms with Gasteiger partial charge >= 0.3 is 5.97 Å². The lowest BCUT2D eigenvalue weighted by molar-refractivity contribution is -0.151. The van der Waals surface area contributed by atoms with Gasteiger partial charge in [0.25, 0.3) is 0 Å². The predicted octanol–water partition coefficient (Wildman–Crippen LogP) is 3.00. The van der Waals surface area contributed by atoms with E-state index in [2.05, 4.69) is 25.7 Å². The molecule has 0 bridgehead atoms. The smallest absolute Gasteiger partial charge is 0.310 e. The van der Waals surface area contributed by atoms with Crippen molar-refractivity contribution in [2.75, 3.05) is 13.1 Å². The lowest BCUT2D eigenvalue weighted by atomic mass is 9.81. The van der Waals surface area contributed by atoms with Crippen LogP contribution in [0.25, 0.3) is 0 Å². The normalized spacial score (nSPS) is 14.1. The van der Waals surface area contributed by atoms with E-state index in [0.717, 1.165) is 13.0 Å². The molecule has 0 spiro atoms. The summed E-state index contributed by atoms with van der Waals surface area (Å²) in [6.45, 7) is 12.0. The van der Waals surface area contributed by atoms with Gasteiger partial charge in [0.1, 0.15) is 0 Å². The summed E-state index contributed by atoms with van der Waals surface area (Å²) < 4.78 is 0. The van der Waals surface area contributed by atoms with Gasteiger partial charge in [-0.15, -0.1) is 0 Å². The molecule has 1 unspecified atom stereocenters. The Balaban J connectivity index is 4.77. The second-order valence-corrected chi connectivity index (χ2v) is 4.61. The summed E-state index contributed by atoms with van der Waals surface area (Å²) in [5, 5.41) is 9.40. The second-order valence-electron chi connectivity index (χ2n) is 4.61. The number of hydrogen-bond acceptors (Lipinski definition) is 2. The van der Waals surface area contributed by atoms with Crippen LogP contribution in [0.5, 0.6) is 0 Å². The van der Waals surface area contributed by atoms with E-state index in [9.17, 15) is 9.90 Å². The number of hydrogen-bond donors (Lipinski definition) is 1. The zero-order valence-electron chi connectivity index (χ0n) is 11.4. The molecule has 0 aliphatic rings. The standard InChI is InChI=1S/C13H27NO2/c1-6-11(5)14(9-4)10-13(7-2,8-3)12(15)16/h11H,6-10H2,1-5H3,(H,15,16). The van der Waals surface area contributed by atoms with E-state index in [-0.39, 0.29) is 0 Å². The van der Waals surface area contributed by atoms with Gasteiger partial charge in [0.05, 0.1) is 5.41 Å². The van der Waals surface area contributed by atoms with Crippen molar-refractivity contribution < 1.29 is 9.90 Å². The Hall–Kier alpha value is -0.570. The molecular weight excluding hydrogens is 202 g/mol. The minimum atomic E-state index is -0.653. The van der Waals surface area contributed by atoms with E-state index in [0.29, 0.717) is 25.4 Å². The maximum Gasteiger partial charge on any atom is 0.310 e. The minimum Gasteiger partial charge on any atom is -0.481 e. The summed E-state index contributed by atoms with van der Waals surface area (Å²) in [6.07, 6.45) is 2.47. The summed E-state index contributed by atoms with van der Waals surface area (Å²) >= 11 is 0. The van der Waals surface area contributed by atoms with E-state index in [1.165, 1.54) is 0 Å². The number of carboxylic acid groups (broad SMARTS) is 1. The molecule has 3 nitrogen and oxygen atoms in total. The average molecular weight is 229 g/mol. The predicted molar refractivity (Wildman–Crippen MR) is 67.7 cm³/mol. The van der Waals surface area contributed by atoms with Crippen LogP contribution in [0.4, 0.5) is 0 Å². The first-order chi connectivity index (χ1) is 7.47. The SMILES string of the molecule is CCC(C)N(CC)CC(CC)(CC)C(=O)O. The van der Waals surface area contributed by atoms with E-state index >= 15 is 0 Å². The van der Waals surface area contributed by atoms with Crippen molar-refractivity contribution in [2.24, 2.45) is 5.41 Å². The van der Waals surface area contributed by atoms with Gasteiger partial charge in [-0.3, -0.25) is 9.69 Å². The van der Waals surface area contributed by atoms with Crippen LogP contribution in [-0.4, -0.2) is 35.1 Å². The van der Waals surface area contributed by atoms with Crippen molar-refractivity contribution >= 4 is 5.97 Å². The molecule has 0 aromatic heterocycles. The zero-order valence-corrected chi connectivity index (χ0v) is 11.4. The van der Waals surface area contributed by atoms with Crippen molar-refractivity contribution in [3.63, 3.8) is 0 Å². The molecule has 0 radical (unpaired) electrons. The molecule has 0 heterocycles. The molecule has 16 heavy (non-hydrogen) atoms. The molecule has 0 saturated heterocycles. The molecule has 0 fully saturated rings. The van der Waals surface area contributed by atoms with Crippen LogP contribution in [0, 0.1) is 5.41 Å². The Morgan fingerprint density at radius 1 is 1.25 bits per heavy atom. The van der Waals surface area contributed by atoms with Crippen molar-refractivity contribution in [3.8, 4) is 0 Å². The van der Waals surface area contributed by atoms with Crippen LogP contribution in [-0.2, 0) is 4.79 Å². The Bertz CT molecular complexity index is 212. The van der Waals surface area contributed by atoms with Crippen LogP contribution < -0.4 is 0 Å². The average Bonchev–Trinajstić information content (AvgIpc) is 2.30. The van der Waals surface area contributed by atoms with Crippen molar-refractivity contribution in [3.05, 3.63) is 0 Å². The highest BCUT2D eigenvalue weighted by atomic mass is 16.4. The number of nitrogens with zero attached hydrogens (tertiary/aromatic N) is 1. The summed E-state index contributed by atoms with van der Waals surface area (Å²) in [4.78, 5) is 13.7. The molecule has 1 N–H and O–H groups in total. The molecule has 1 atom stereocenters. The van der Waals surface area contributed by atoms with Crippen LogP contribution in [0.3, 0.4) is 0 Å². The van der Waals surface area contributed by atoms with Gasteiger partial charge in [-0.1, -0.05) is 27.7 Å². The summed E-state index contributed by atoms with van der Waals surface area (Å²) in [5.41, 5.74) is -0.570. The summed E-state index contributed by atoms with van der Waals surface area (Å²) in [6, 6.07) is 0.460. The largest absolute Gasteiger partial charge is 0.481 e. The fourth-order valence-corrected chi connectivity index (χ4v) is 2.07. The number of carbonyl (C=O) groups is 1. The maximum atomic E-state index is 11.4. The minimum absolute atomic E-state index is 0.460. The monoisotopic (exact) mass is 229 g/mol. The lowest BCUT2D eigenvalue weighted by Gasteiger charge is -2.36. The van der Waals surface area contributed by atoms with Crippen molar-refractivity contribution in [1.82, 2.24) is 4.90 Å². The zero-order chi connectivity index (χ0) is 12.8. The Morgan fingerprint density at radius 2 is 1.75 bits per heavy atom. The first kappa shape index (κ1) is 15.4. The number of rotatable bonds is 8. The Kier molecular flexibility index (Phi) is 6.65. The van der Waals surface area contributed by atoms with Gasteiger partial charge in [-0.2, -0.15) is 0 Å². The highest BCUT2D eigenvalue weighted by molar-refractivity contribution is 5.74. The number of carboxylic acids is 1. The molecular formula is C13H27NO2. The highest BCUT2D eigenvalue weighted by Crippen LogP contribution is 2.29. The molecule has 0 aliphatic heterocycles. The molecule has 0 aliphatic carbocycles. The molecule has 0 saturated carbocycles. The molecule has 0 amide bonds. The third-order valence-corrected chi connectivity index (χ3v) is 3.93. The fourth-order valence-electron chi connectivity index (χ4n) is 2.07. The van der Waals surface area contributed by atoms with Gasteiger partial charge in [0, 0.05) is 12.6 Å². The van der Waals surface area contributed by atoms with Gasteiger partial charge < -0.3 is 5.11 Å². The topological polar surface area (TPSA) is 40.5 Å².